The molecule has 11 heavy (non-hydrogen) atoms. The number of halogens is 2. The molecule has 0 amide bonds. The molecule has 0 heterocycles. The summed E-state index contributed by atoms with van der Waals surface area (Å²) in [6, 6.07) is 10.2. The standard InChI is InChI=1S/C8H6I2S/c9-8(10,6-11)7-4-2-1-3-5-7/h1-6H. The molecular weight excluding hydrogens is 382 g/mol. The van der Waals surface area contributed by atoms with Crippen LogP contribution in [0.4, 0.5) is 0 Å². The Hall–Kier alpha value is 0.770. The number of thiocarbonyl (C=S) groups is 1. The lowest BCUT2D eigenvalue weighted by Crippen LogP contribution is -2.07. The van der Waals surface area contributed by atoms with E-state index in [1.807, 2.05) is 18.2 Å². The van der Waals surface area contributed by atoms with Crippen LogP contribution < -0.4 is 0 Å². The Morgan fingerprint density at radius 2 is 1.73 bits per heavy atom. The lowest BCUT2D eigenvalue weighted by molar-refractivity contribution is 1.35. The topological polar surface area (TPSA) is 0 Å². The summed E-state index contributed by atoms with van der Waals surface area (Å²) in [5.74, 6) is 0. The van der Waals surface area contributed by atoms with Crippen LogP contribution >= 0.6 is 57.4 Å². The van der Waals surface area contributed by atoms with E-state index in [2.05, 4.69) is 57.3 Å². The molecule has 1 rings (SSSR count). The van der Waals surface area contributed by atoms with E-state index >= 15 is 0 Å². The maximum atomic E-state index is 4.93. The van der Waals surface area contributed by atoms with Crippen molar-refractivity contribution in [3.63, 3.8) is 0 Å². The Kier molecular flexibility index (Phi) is 3.70. The van der Waals surface area contributed by atoms with Crippen molar-refractivity contribution >= 4 is 62.8 Å². The third kappa shape index (κ3) is 2.62. The quantitative estimate of drug-likeness (QED) is 0.423. The van der Waals surface area contributed by atoms with Crippen molar-refractivity contribution in [2.24, 2.45) is 0 Å². The molecule has 0 unspecified atom stereocenters. The highest BCUT2D eigenvalue weighted by atomic mass is 127. The van der Waals surface area contributed by atoms with Crippen molar-refractivity contribution < 1.29 is 0 Å². The zero-order valence-corrected chi connectivity index (χ0v) is 10.8. The SMILES string of the molecule is S=CC(I)(I)c1ccccc1. The van der Waals surface area contributed by atoms with Crippen LogP contribution in [0, 0.1) is 0 Å². The van der Waals surface area contributed by atoms with Gasteiger partial charge in [0.1, 0.15) is 1.43 Å². The van der Waals surface area contributed by atoms with Gasteiger partial charge in [0, 0.05) is 5.37 Å². The van der Waals surface area contributed by atoms with Crippen LogP contribution in [0.3, 0.4) is 0 Å². The van der Waals surface area contributed by atoms with E-state index in [0.29, 0.717) is 0 Å². The average Bonchev–Trinajstić information content (AvgIpc) is 2.06. The molecular formula is C8H6I2S. The average molecular weight is 388 g/mol. The van der Waals surface area contributed by atoms with Gasteiger partial charge in [0.15, 0.2) is 0 Å². The van der Waals surface area contributed by atoms with E-state index < -0.39 is 0 Å². The lowest BCUT2D eigenvalue weighted by Gasteiger charge is -2.13. The van der Waals surface area contributed by atoms with Crippen molar-refractivity contribution in [1.29, 1.82) is 0 Å². The number of alkyl halides is 2. The summed E-state index contributed by atoms with van der Waals surface area (Å²) in [4.78, 5) is 0. The molecule has 0 aliphatic heterocycles. The fraction of sp³-hybridized carbons (Fsp3) is 0.125. The Morgan fingerprint density at radius 1 is 1.18 bits per heavy atom. The number of rotatable bonds is 2. The second-order valence-electron chi connectivity index (χ2n) is 2.11. The van der Waals surface area contributed by atoms with Crippen LogP contribution in [0.2, 0.25) is 0 Å². The Balaban J connectivity index is 3.02. The second kappa shape index (κ2) is 4.13. The molecule has 0 bridgehead atoms. The number of benzene rings is 1. The van der Waals surface area contributed by atoms with Gasteiger partial charge in [-0.2, -0.15) is 0 Å². The molecule has 3 heteroatoms. The first-order valence-electron chi connectivity index (χ1n) is 3.06. The maximum absolute atomic E-state index is 4.93. The first-order chi connectivity index (χ1) is 5.17. The summed E-state index contributed by atoms with van der Waals surface area (Å²) in [6.45, 7) is 0. The second-order valence-corrected chi connectivity index (χ2v) is 7.81. The Morgan fingerprint density at radius 3 is 2.18 bits per heavy atom. The van der Waals surface area contributed by atoms with E-state index in [0.717, 1.165) is 0 Å². The minimum atomic E-state index is -0.0356. The van der Waals surface area contributed by atoms with Crippen LogP contribution in [-0.4, -0.2) is 5.37 Å². The van der Waals surface area contributed by atoms with Gasteiger partial charge in [0.05, 0.1) is 0 Å². The van der Waals surface area contributed by atoms with Gasteiger partial charge >= 0.3 is 0 Å². The Labute approximate surface area is 99.0 Å². The summed E-state index contributed by atoms with van der Waals surface area (Å²) >= 11 is 9.60. The van der Waals surface area contributed by atoms with Gasteiger partial charge in [-0.15, -0.1) is 0 Å². The largest absolute Gasteiger partial charge is 0.126 e. The van der Waals surface area contributed by atoms with Gasteiger partial charge in [-0.1, -0.05) is 87.7 Å². The third-order valence-corrected chi connectivity index (χ3v) is 4.37. The van der Waals surface area contributed by atoms with E-state index in [1.54, 1.807) is 5.37 Å². The smallest absolute Gasteiger partial charge is 0.0908 e. The maximum Gasteiger partial charge on any atom is 0.126 e. The molecule has 0 atom stereocenters. The molecule has 58 valence electrons. The zero-order valence-electron chi connectivity index (χ0n) is 5.63. The third-order valence-electron chi connectivity index (χ3n) is 1.31. The van der Waals surface area contributed by atoms with Gasteiger partial charge in [-0.05, 0) is 5.56 Å². The summed E-state index contributed by atoms with van der Waals surface area (Å²) in [7, 11) is 0. The van der Waals surface area contributed by atoms with Crippen molar-refractivity contribution in [1.82, 2.24) is 0 Å². The van der Waals surface area contributed by atoms with Crippen LogP contribution in [0.5, 0.6) is 0 Å². The van der Waals surface area contributed by atoms with Crippen molar-refractivity contribution in [2.45, 2.75) is 1.43 Å². The fourth-order valence-electron chi connectivity index (χ4n) is 0.728. The molecule has 0 spiro atoms. The molecule has 0 aliphatic carbocycles. The molecule has 0 nitrogen and oxygen atoms in total. The molecule has 0 fully saturated rings. The summed E-state index contributed by atoms with van der Waals surface area (Å²) in [5, 5.41) is 1.78. The summed E-state index contributed by atoms with van der Waals surface area (Å²) in [6.07, 6.45) is 0. The number of hydrogen-bond acceptors (Lipinski definition) is 1. The van der Waals surface area contributed by atoms with Crippen molar-refractivity contribution in [3.05, 3.63) is 35.9 Å². The summed E-state index contributed by atoms with van der Waals surface area (Å²) in [5.41, 5.74) is 1.25. The predicted molar refractivity (Wildman–Crippen MR) is 69.8 cm³/mol. The fourth-order valence-corrected chi connectivity index (χ4v) is 1.58. The molecule has 0 radical (unpaired) electrons. The van der Waals surface area contributed by atoms with E-state index in [9.17, 15) is 0 Å². The van der Waals surface area contributed by atoms with Crippen LogP contribution in [0.1, 0.15) is 5.56 Å². The predicted octanol–water partition coefficient (Wildman–Crippen LogP) is 3.71. The first kappa shape index (κ1) is 9.85. The number of hydrogen-bond donors (Lipinski definition) is 0. The minimum Gasteiger partial charge on any atom is -0.0908 e. The highest BCUT2D eigenvalue weighted by Gasteiger charge is 2.20. The molecule has 0 aromatic heterocycles. The van der Waals surface area contributed by atoms with Gasteiger partial charge in [0.2, 0.25) is 0 Å². The van der Waals surface area contributed by atoms with Crippen LogP contribution in [-0.2, 0) is 1.43 Å². The first-order valence-corrected chi connectivity index (χ1v) is 5.69. The van der Waals surface area contributed by atoms with Gasteiger partial charge < -0.3 is 0 Å². The van der Waals surface area contributed by atoms with Gasteiger partial charge in [-0.25, -0.2) is 0 Å². The lowest BCUT2D eigenvalue weighted by atomic mass is 10.2. The highest BCUT2D eigenvalue weighted by Crippen LogP contribution is 2.37. The van der Waals surface area contributed by atoms with Crippen molar-refractivity contribution in [3.8, 4) is 0 Å². The van der Waals surface area contributed by atoms with Gasteiger partial charge in [0.25, 0.3) is 0 Å². The molecule has 0 saturated heterocycles. The molecule has 0 N–H and O–H groups in total. The van der Waals surface area contributed by atoms with Crippen LogP contribution in [0.25, 0.3) is 0 Å². The molecule has 1 aromatic rings. The Bertz CT molecular complexity index is 244. The summed E-state index contributed by atoms with van der Waals surface area (Å²) < 4.78 is -0.0356. The zero-order chi connectivity index (χ0) is 8.32. The van der Waals surface area contributed by atoms with E-state index in [1.165, 1.54) is 5.56 Å². The molecule has 1 aromatic carbocycles. The van der Waals surface area contributed by atoms with Gasteiger partial charge in [-0.3, -0.25) is 0 Å². The molecule has 0 aliphatic rings. The minimum absolute atomic E-state index is 0.0356. The van der Waals surface area contributed by atoms with Crippen LogP contribution in [0.15, 0.2) is 30.3 Å². The van der Waals surface area contributed by atoms with E-state index in [4.69, 9.17) is 12.2 Å². The van der Waals surface area contributed by atoms with E-state index in [-0.39, 0.29) is 1.43 Å². The highest BCUT2D eigenvalue weighted by molar-refractivity contribution is 14.2. The normalized spacial score (nSPS) is 11.1. The van der Waals surface area contributed by atoms with Crippen molar-refractivity contribution in [2.75, 3.05) is 0 Å². The molecule has 0 saturated carbocycles. The monoisotopic (exact) mass is 388 g/mol.